The van der Waals surface area contributed by atoms with Gasteiger partial charge in [-0.25, -0.2) is 4.79 Å². The third-order valence-electron chi connectivity index (χ3n) is 3.32. The second kappa shape index (κ2) is 8.53. The van der Waals surface area contributed by atoms with Gasteiger partial charge in [0, 0.05) is 12.2 Å². The number of urea groups is 1. The molecule has 134 valence electrons. The van der Waals surface area contributed by atoms with Crippen LogP contribution in [0.3, 0.4) is 0 Å². The van der Waals surface area contributed by atoms with E-state index < -0.39 is 12.8 Å². The van der Waals surface area contributed by atoms with E-state index in [1.807, 2.05) is 31.2 Å². The van der Waals surface area contributed by atoms with E-state index in [4.69, 9.17) is 0 Å². The van der Waals surface area contributed by atoms with Gasteiger partial charge in [0.05, 0.1) is 6.61 Å². The fourth-order valence-electron chi connectivity index (χ4n) is 2.03. The number of carbonyl (C=O) groups excluding carboxylic acids is 1. The predicted octanol–water partition coefficient (Wildman–Crippen LogP) is 4.40. The van der Waals surface area contributed by atoms with Gasteiger partial charge in [-0.15, -0.1) is 0 Å². The van der Waals surface area contributed by atoms with Gasteiger partial charge in [0.25, 0.3) is 0 Å². The molecular formula is C18H19F3N2O2. The molecule has 0 bridgehead atoms. The van der Waals surface area contributed by atoms with Crippen LogP contribution in [-0.4, -0.2) is 18.8 Å². The van der Waals surface area contributed by atoms with Gasteiger partial charge in [0.2, 0.25) is 0 Å². The number of benzene rings is 2. The third kappa shape index (κ3) is 7.26. The molecular weight excluding hydrogens is 333 g/mol. The number of ether oxygens (including phenoxy) is 1. The van der Waals surface area contributed by atoms with Gasteiger partial charge in [0.15, 0.2) is 0 Å². The SMILES string of the molecule is Cc1ccc(NC(=O)NCc2ccc(COCC(F)(F)F)cc2)cc1. The fourth-order valence-corrected chi connectivity index (χ4v) is 2.03. The smallest absolute Gasteiger partial charge is 0.367 e. The average Bonchev–Trinajstić information content (AvgIpc) is 2.55. The molecule has 0 heterocycles. The summed E-state index contributed by atoms with van der Waals surface area (Å²) in [6.45, 7) is 0.889. The molecule has 0 aliphatic heterocycles. The summed E-state index contributed by atoms with van der Waals surface area (Å²) in [4.78, 5) is 11.8. The number of carbonyl (C=O) groups is 1. The van der Waals surface area contributed by atoms with E-state index in [1.165, 1.54) is 0 Å². The Morgan fingerprint density at radius 2 is 1.60 bits per heavy atom. The zero-order valence-electron chi connectivity index (χ0n) is 13.7. The minimum atomic E-state index is -4.32. The molecule has 2 N–H and O–H groups in total. The summed E-state index contributed by atoms with van der Waals surface area (Å²) in [7, 11) is 0. The molecule has 2 amide bonds. The predicted molar refractivity (Wildman–Crippen MR) is 89.2 cm³/mol. The molecule has 0 aromatic heterocycles. The van der Waals surface area contributed by atoms with Crippen LogP contribution in [0.2, 0.25) is 0 Å². The number of halogens is 3. The van der Waals surface area contributed by atoms with E-state index in [0.29, 0.717) is 17.8 Å². The van der Waals surface area contributed by atoms with Crippen LogP contribution in [0.4, 0.5) is 23.7 Å². The van der Waals surface area contributed by atoms with Crippen LogP contribution in [-0.2, 0) is 17.9 Å². The van der Waals surface area contributed by atoms with E-state index >= 15 is 0 Å². The first-order valence-corrected chi connectivity index (χ1v) is 7.66. The van der Waals surface area contributed by atoms with Crippen molar-refractivity contribution in [1.82, 2.24) is 5.32 Å². The Morgan fingerprint density at radius 3 is 2.20 bits per heavy atom. The quantitative estimate of drug-likeness (QED) is 0.810. The minimum Gasteiger partial charge on any atom is -0.367 e. The maximum Gasteiger partial charge on any atom is 0.411 e. The third-order valence-corrected chi connectivity index (χ3v) is 3.32. The Kier molecular flexibility index (Phi) is 6.41. The lowest BCUT2D eigenvalue weighted by atomic mass is 10.1. The number of anilines is 1. The minimum absolute atomic E-state index is 0.110. The van der Waals surface area contributed by atoms with Gasteiger partial charge in [-0.3, -0.25) is 0 Å². The molecule has 2 aromatic carbocycles. The van der Waals surface area contributed by atoms with Gasteiger partial charge in [-0.05, 0) is 30.2 Å². The second-order valence-electron chi connectivity index (χ2n) is 5.60. The van der Waals surface area contributed by atoms with Crippen LogP contribution in [0.25, 0.3) is 0 Å². The first-order chi connectivity index (χ1) is 11.8. The molecule has 4 nitrogen and oxygen atoms in total. The molecule has 0 fully saturated rings. The summed E-state index contributed by atoms with van der Waals surface area (Å²) >= 11 is 0. The highest BCUT2D eigenvalue weighted by molar-refractivity contribution is 5.89. The monoisotopic (exact) mass is 352 g/mol. The Balaban J connectivity index is 1.75. The molecule has 0 aliphatic rings. The molecule has 0 saturated heterocycles. The summed E-state index contributed by atoms with van der Waals surface area (Å²) in [5, 5.41) is 5.43. The van der Waals surface area contributed by atoms with Crippen molar-refractivity contribution in [2.24, 2.45) is 0 Å². The number of nitrogens with one attached hydrogen (secondary N) is 2. The Labute approximate surface area is 144 Å². The van der Waals surface area contributed by atoms with Crippen LogP contribution in [0, 0.1) is 6.92 Å². The standard InChI is InChI=1S/C18H19F3N2O2/c1-13-2-8-16(9-3-13)23-17(24)22-10-14-4-6-15(7-5-14)11-25-12-18(19,20)21/h2-9H,10-12H2,1H3,(H2,22,23,24). The average molecular weight is 352 g/mol. The summed E-state index contributed by atoms with van der Waals surface area (Å²) in [5.41, 5.74) is 3.27. The highest BCUT2D eigenvalue weighted by Crippen LogP contribution is 2.16. The van der Waals surface area contributed by atoms with E-state index in [9.17, 15) is 18.0 Å². The zero-order chi connectivity index (χ0) is 18.3. The van der Waals surface area contributed by atoms with Crippen LogP contribution in [0.1, 0.15) is 16.7 Å². The van der Waals surface area contributed by atoms with Gasteiger partial charge in [-0.1, -0.05) is 42.0 Å². The van der Waals surface area contributed by atoms with E-state index in [-0.39, 0.29) is 12.6 Å². The highest BCUT2D eigenvalue weighted by Gasteiger charge is 2.27. The fraction of sp³-hybridized carbons (Fsp3) is 0.278. The summed E-state index contributed by atoms with van der Waals surface area (Å²) in [6, 6.07) is 13.9. The van der Waals surface area contributed by atoms with E-state index in [0.717, 1.165) is 11.1 Å². The Morgan fingerprint density at radius 1 is 1.00 bits per heavy atom. The molecule has 0 atom stereocenters. The Hall–Kier alpha value is -2.54. The number of hydrogen-bond donors (Lipinski definition) is 2. The van der Waals surface area contributed by atoms with E-state index in [1.54, 1.807) is 24.3 Å². The first-order valence-electron chi connectivity index (χ1n) is 7.66. The van der Waals surface area contributed by atoms with Crippen molar-refractivity contribution in [3.05, 3.63) is 65.2 Å². The van der Waals surface area contributed by atoms with Crippen LogP contribution >= 0.6 is 0 Å². The number of amides is 2. The molecule has 0 aliphatic carbocycles. The molecule has 2 aromatic rings. The van der Waals surface area contributed by atoms with Crippen LogP contribution < -0.4 is 10.6 Å². The molecule has 0 radical (unpaired) electrons. The molecule has 0 unspecified atom stereocenters. The van der Waals surface area contributed by atoms with E-state index in [2.05, 4.69) is 15.4 Å². The highest BCUT2D eigenvalue weighted by atomic mass is 19.4. The molecule has 7 heteroatoms. The summed E-state index contributed by atoms with van der Waals surface area (Å²) in [5.74, 6) is 0. The number of hydrogen-bond acceptors (Lipinski definition) is 2. The Bertz CT molecular complexity index is 683. The topological polar surface area (TPSA) is 50.4 Å². The van der Waals surface area contributed by atoms with Crippen molar-refractivity contribution in [3.63, 3.8) is 0 Å². The molecule has 0 spiro atoms. The van der Waals surface area contributed by atoms with Crippen LogP contribution in [0.5, 0.6) is 0 Å². The second-order valence-corrected chi connectivity index (χ2v) is 5.60. The van der Waals surface area contributed by atoms with Gasteiger partial charge < -0.3 is 15.4 Å². The molecule has 2 rings (SSSR count). The van der Waals surface area contributed by atoms with Crippen molar-refractivity contribution in [3.8, 4) is 0 Å². The number of alkyl halides is 3. The van der Waals surface area contributed by atoms with Gasteiger partial charge >= 0.3 is 12.2 Å². The maximum absolute atomic E-state index is 12.0. The van der Waals surface area contributed by atoms with Crippen LogP contribution in [0.15, 0.2) is 48.5 Å². The lowest BCUT2D eigenvalue weighted by Crippen LogP contribution is -2.28. The van der Waals surface area contributed by atoms with Crippen molar-refractivity contribution in [1.29, 1.82) is 0 Å². The van der Waals surface area contributed by atoms with Gasteiger partial charge in [0.1, 0.15) is 6.61 Å². The van der Waals surface area contributed by atoms with Crippen molar-refractivity contribution in [2.75, 3.05) is 11.9 Å². The number of aryl methyl sites for hydroxylation is 1. The summed E-state index contributed by atoms with van der Waals surface area (Å²) in [6.07, 6.45) is -4.32. The lowest BCUT2D eigenvalue weighted by molar-refractivity contribution is -0.176. The number of rotatable bonds is 6. The molecule has 0 saturated carbocycles. The van der Waals surface area contributed by atoms with Crippen molar-refractivity contribution in [2.45, 2.75) is 26.3 Å². The maximum atomic E-state index is 12.0. The van der Waals surface area contributed by atoms with Crippen molar-refractivity contribution < 1.29 is 22.7 Å². The van der Waals surface area contributed by atoms with Gasteiger partial charge in [-0.2, -0.15) is 13.2 Å². The van der Waals surface area contributed by atoms with Crippen molar-refractivity contribution >= 4 is 11.7 Å². The normalized spacial score (nSPS) is 11.2. The lowest BCUT2D eigenvalue weighted by Gasteiger charge is -2.09. The largest absolute Gasteiger partial charge is 0.411 e. The summed E-state index contributed by atoms with van der Waals surface area (Å²) < 4.78 is 40.6. The zero-order valence-corrected chi connectivity index (χ0v) is 13.7. The molecule has 25 heavy (non-hydrogen) atoms. The first kappa shape index (κ1) is 18.8.